The summed E-state index contributed by atoms with van der Waals surface area (Å²) in [5, 5.41) is 3.55. The molecule has 1 aliphatic carbocycles. The van der Waals surface area contributed by atoms with E-state index in [1.165, 1.54) is 18.4 Å². The van der Waals surface area contributed by atoms with Crippen molar-refractivity contribution in [3.8, 4) is 0 Å². The van der Waals surface area contributed by atoms with E-state index in [1.807, 2.05) is 12.1 Å². The van der Waals surface area contributed by atoms with Crippen molar-refractivity contribution >= 4 is 15.9 Å². The summed E-state index contributed by atoms with van der Waals surface area (Å²) in [5.41, 5.74) is 1.24. The van der Waals surface area contributed by atoms with Crippen molar-refractivity contribution in [2.45, 2.75) is 33.1 Å². The molecular formula is C16H23BrFN. The van der Waals surface area contributed by atoms with E-state index in [9.17, 15) is 4.39 Å². The smallest absolute Gasteiger partial charge is 0.137 e. The van der Waals surface area contributed by atoms with Crippen LogP contribution in [0, 0.1) is 23.6 Å². The minimum atomic E-state index is -0.174. The topological polar surface area (TPSA) is 12.0 Å². The molecule has 2 atom stereocenters. The third kappa shape index (κ3) is 4.28. The first-order valence-electron chi connectivity index (χ1n) is 7.21. The average Bonchev–Trinajstić information content (AvgIpc) is 2.34. The number of halogens is 2. The quantitative estimate of drug-likeness (QED) is 0.816. The summed E-state index contributed by atoms with van der Waals surface area (Å²) in [7, 11) is 0. The SMILES string of the molecule is CC(C)CNCC1CCC1Cc1ccc(F)c(Br)c1. The van der Waals surface area contributed by atoms with Crippen LogP contribution in [0.4, 0.5) is 4.39 Å². The van der Waals surface area contributed by atoms with Crippen molar-refractivity contribution in [3.63, 3.8) is 0 Å². The van der Waals surface area contributed by atoms with Crippen LogP contribution in [0.3, 0.4) is 0 Å². The summed E-state index contributed by atoms with van der Waals surface area (Å²) in [5.74, 6) is 2.10. The van der Waals surface area contributed by atoms with Crippen LogP contribution in [-0.4, -0.2) is 13.1 Å². The molecule has 1 N–H and O–H groups in total. The lowest BCUT2D eigenvalue weighted by Crippen LogP contribution is -2.37. The van der Waals surface area contributed by atoms with Crippen molar-refractivity contribution < 1.29 is 4.39 Å². The Labute approximate surface area is 124 Å². The fourth-order valence-electron chi connectivity index (χ4n) is 2.70. The van der Waals surface area contributed by atoms with Crippen LogP contribution in [0.2, 0.25) is 0 Å². The highest BCUT2D eigenvalue weighted by molar-refractivity contribution is 9.10. The van der Waals surface area contributed by atoms with Gasteiger partial charge in [0.05, 0.1) is 4.47 Å². The molecule has 3 heteroatoms. The van der Waals surface area contributed by atoms with Crippen molar-refractivity contribution in [2.24, 2.45) is 17.8 Å². The van der Waals surface area contributed by atoms with Crippen LogP contribution >= 0.6 is 15.9 Å². The van der Waals surface area contributed by atoms with Gasteiger partial charge in [-0.15, -0.1) is 0 Å². The Bertz CT molecular complexity index is 419. The Morgan fingerprint density at radius 2 is 2.05 bits per heavy atom. The first kappa shape index (κ1) is 15.0. The maximum absolute atomic E-state index is 13.2. The molecule has 106 valence electrons. The maximum atomic E-state index is 13.2. The summed E-state index contributed by atoms with van der Waals surface area (Å²) in [6, 6.07) is 5.40. The zero-order chi connectivity index (χ0) is 13.8. The molecule has 0 heterocycles. The van der Waals surface area contributed by atoms with E-state index in [0.717, 1.165) is 31.3 Å². The molecule has 1 fully saturated rings. The summed E-state index contributed by atoms with van der Waals surface area (Å²) in [6.45, 7) is 6.71. The molecule has 1 nitrogen and oxygen atoms in total. The van der Waals surface area contributed by atoms with E-state index in [2.05, 4.69) is 35.1 Å². The summed E-state index contributed by atoms with van der Waals surface area (Å²) < 4.78 is 13.8. The molecular weight excluding hydrogens is 305 g/mol. The molecule has 1 saturated carbocycles. The van der Waals surface area contributed by atoms with Crippen molar-refractivity contribution in [1.29, 1.82) is 0 Å². The Morgan fingerprint density at radius 3 is 2.63 bits per heavy atom. The lowest BCUT2D eigenvalue weighted by atomic mass is 9.70. The van der Waals surface area contributed by atoms with E-state index in [4.69, 9.17) is 0 Å². The fourth-order valence-corrected chi connectivity index (χ4v) is 3.13. The van der Waals surface area contributed by atoms with Gasteiger partial charge in [-0.05, 0) is 83.7 Å². The molecule has 0 aliphatic heterocycles. The van der Waals surface area contributed by atoms with Gasteiger partial charge in [-0.25, -0.2) is 4.39 Å². The first-order chi connectivity index (χ1) is 9.06. The normalized spacial score (nSPS) is 22.6. The summed E-state index contributed by atoms with van der Waals surface area (Å²) in [4.78, 5) is 0. The van der Waals surface area contributed by atoms with Crippen LogP contribution in [0.25, 0.3) is 0 Å². The fraction of sp³-hybridized carbons (Fsp3) is 0.625. The third-order valence-electron chi connectivity index (χ3n) is 4.02. The lowest BCUT2D eigenvalue weighted by molar-refractivity contribution is 0.169. The van der Waals surface area contributed by atoms with E-state index >= 15 is 0 Å². The molecule has 2 unspecified atom stereocenters. The molecule has 2 rings (SSSR count). The minimum Gasteiger partial charge on any atom is -0.316 e. The van der Waals surface area contributed by atoms with Gasteiger partial charge in [-0.2, -0.15) is 0 Å². The van der Waals surface area contributed by atoms with E-state index in [1.54, 1.807) is 6.07 Å². The van der Waals surface area contributed by atoms with E-state index < -0.39 is 0 Å². The molecule has 1 aromatic rings. The predicted molar refractivity (Wildman–Crippen MR) is 81.7 cm³/mol. The molecule has 0 radical (unpaired) electrons. The van der Waals surface area contributed by atoms with Gasteiger partial charge >= 0.3 is 0 Å². The number of benzene rings is 1. The third-order valence-corrected chi connectivity index (χ3v) is 4.62. The number of hydrogen-bond acceptors (Lipinski definition) is 1. The zero-order valence-corrected chi connectivity index (χ0v) is 13.3. The molecule has 0 spiro atoms. The monoisotopic (exact) mass is 327 g/mol. The van der Waals surface area contributed by atoms with Crippen LogP contribution in [0.15, 0.2) is 22.7 Å². The van der Waals surface area contributed by atoms with Gasteiger partial charge in [-0.1, -0.05) is 19.9 Å². The summed E-state index contributed by atoms with van der Waals surface area (Å²) >= 11 is 3.26. The Morgan fingerprint density at radius 1 is 1.32 bits per heavy atom. The van der Waals surface area contributed by atoms with Gasteiger partial charge < -0.3 is 5.32 Å². The lowest BCUT2D eigenvalue weighted by Gasteiger charge is -2.37. The number of hydrogen-bond donors (Lipinski definition) is 1. The number of nitrogens with one attached hydrogen (secondary N) is 1. The highest BCUT2D eigenvalue weighted by atomic mass is 79.9. The Hall–Kier alpha value is -0.410. The van der Waals surface area contributed by atoms with Crippen LogP contribution in [0.1, 0.15) is 32.3 Å². The van der Waals surface area contributed by atoms with Gasteiger partial charge in [0, 0.05) is 0 Å². The van der Waals surface area contributed by atoms with Crippen LogP contribution in [0.5, 0.6) is 0 Å². The van der Waals surface area contributed by atoms with Gasteiger partial charge in [0.1, 0.15) is 5.82 Å². The molecule has 0 amide bonds. The predicted octanol–water partition coefficient (Wildman–Crippen LogP) is 4.40. The molecule has 1 aliphatic rings. The Kier molecular flexibility index (Phi) is 5.40. The molecule has 19 heavy (non-hydrogen) atoms. The summed E-state index contributed by atoms with van der Waals surface area (Å²) in [6.07, 6.45) is 3.72. The molecule has 0 aromatic heterocycles. The van der Waals surface area contributed by atoms with Crippen molar-refractivity contribution in [1.82, 2.24) is 5.32 Å². The molecule has 1 aromatic carbocycles. The maximum Gasteiger partial charge on any atom is 0.137 e. The zero-order valence-electron chi connectivity index (χ0n) is 11.8. The van der Waals surface area contributed by atoms with Crippen LogP contribution in [-0.2, 0) is 6.42 Å². The van der Waals surface area contributed by atoms with Crippen molar-refractivity contribution in [3.05, 3.63) is 34.1 Å². The van der Waals surface area contributed by atoms with Gasteiger partial charge in [0.15, 0.2) is 0 Å². The minimum absolute atomic E-state index is 0.174. The van der Waals surface area contributed by atoms with Gasteiger partial charge in [0.25, 0.3) is 0 Å². The average molecular weight is 328 g/mol. The van der Waals surface area contributed by atoms with E-state index in [0.29, 0.717) is 10.4 Å². The Balaban J connectivity index is 1.80. The van der Waals surface area contributed by atoms with Gasteiger partial charge in [-0.3, -0.25) is 0 Å². The standard InChI is InChI=1S/C16H23BrFN/c1-11(2)9-19-10-14-5-4-13(14)7-12-3-6-16(18)15(17)8-12/h3,6,8,11,13-14,19H,4-5,7,9-10H2,1-2H3. The highest BCUT2D eigenvalue weighted by Crippen LogP contribution is 2.36. The molecule has 0 bridgehead atoms. The molecule has 0 saturated heterocycles. The highest BCUT2D eigenvalue weighted by Gasteiger charge is 2.30. The number of rotatable bonds is 6. The first-order valence-corrected chi connectivity index (χ1v) is 8.00. The van der Waals surface area contributed by atoms with Crippen molar-refractivity contribution in [2.75, 3.05) is 13.1 Å². The largest absolute Gasteiger partial charge is 0.316 e. The second-order valence-electron chi connectivity index (χ2n) is 6.10. The van der Waals surface area contributed by atoms with Crippen LogP contribution < -0.4 is 5.32 Å². The second-order valence-corrected chi connectivity index (χ2v) is 6.96. The van der Waals surface area contributed by atoms with Gasteiger partial charge in [0.2, 0.25) is 0 Å². The van der Waals surface area contributed by atoms with E-state index in [-0.39, 0.29) is 5.82 Å². The second kappa shape index (κ2) is 6.85.